The summed E-state index contributed by atoms with van der Waals surface area (Å²) in [5, 5.41) is 21.2. The molecule has 0 saturated carbocycles. The van der Waals surface area contributed by atoms with Gasteiger partial charge in [0, 0.05) is 18.7 Å². The third kappa shape index (κ3) is 7.53. The van der Waals surface area contributed by atoms with Crippen molar-refractivity contribution in [1.82, 2.24) is 10.0 Å². The zero-order valence-corrected chi connectivity index (χ0v) is 13.1. The smallest absolute Gasteiger partial charge is 0.335 e. The first-order valence-electron chi connectivity index (χ1n) is 7.21. The lowest BCUT2D eigenvalue weighted by Gasteiger charge is -2.08. The van der Waals surface area contributed by atoms with Crippen LogP contribution in [0.15, 0.2) is 12.1 Å². The molecule has 0 aliphatic rings. The molecule has 3 N–H and O–H groups in total. The quantitative estimate of drug-likeness (QED) is 0.364. The molecule has 0 spiro atoms. The second-order valence-corrected chi connectivity index (χ2v) is 4.51. The van der Waals surface area contributed by atoms with E-state index in [9.17, 15) is 19.8 Å². The van der Waals surface area contributed by atoms with Crippen molar-refractivity contribution in [2.75, 3.05) is 33.0 Å². The van der Waals surface area contributed by atoms with Crippen molar-refractivity contribution in [3.63, 3.8) is 0 Å². The topological polar surface area (TPSA) is 119 Å². The number of aromatic nitrogens is 1. The molecule has 0 aliphatic heterocycles. The number of hydrogen-bond acceptors (Lipinski definition) is 7. The third-order valence-corrected chi connectivity index (χ3v) is 2.64. The Morgan fingerprint density at radius 1 is 1.12 bits per heavy atom. The molecule has 0 radical (unpaired) electrons. The van der Waals surface area contributed by atoms with Gasteiger partial charge in [-0.25, -0.2) is 4.79 Å². The average Bonchev–Trinajstić information content (AvgIpc) is 2.85. The summed E-state index contributed by atoms with van der Waals surface area (Å²) >= 11 is 0. The lowest BCUT2D eigenvalue weighted by atomic mass is 10.4. The second-order valence-electron chi connectivity index (χ2n) is 4.51. The van der Waals surface area contributed by atoms with Gasteiger partial charge in [-0.15, -0.1) is 11.2 Å². The number of hydrogen-bond donors (Lipinski definition) is 3. The third-order valence-electron chi connectivity index (χ3n) is 2.64. The van der Waals surface area contributed by atoms with Crippen molar-refractivity contribution in [1.29, 1.82) is 0 Å². The monoisotopic (exact) mass is 340 g/mol. The molecular formula is C15H20N2O7. The second kappa shape index (κ2) is 10.9. The fraction of sp³-hybridized carbons (Fsp3) is 0.467. The molecule has 0 aromatic carbocycles. The Balaban J connectivity index is 1.98. The van der Waals surface area contributed by atoms with Gasteiger partial charge < -0.3 is 29.8 Å². The Kier molecular flexibility index (Phi) is 8.81. The maximum atomic E-state index is 11.5. The molecule has 1 rings (SSSR count). The van der Waals surface area contributed by atoms with E-state index in [4.69, 9.17) is 20.7 Å². The zero-order chi connectivity index (χ0) is 17.8. The van der Waals surface area contributed by atoms with E-state index in [2.05, 4.69) is 11.2 Å². The summed E-state index contributed by atoms with van der Waals surface area (Å²) in [4.78, 5) is 27.2. The number of nitrogens with zero attached hydrogens (tertiary/aromatic N) is 1. The number of rotatable bonds is 11. The van der Waals surface area contributed by atoms with Gasteiger partial charge in [-0.1, -0.05) is 5.92 Å². The largest absolute Gasteiger partial charge is 0.492 e. The molecule has 24 heavy (non-hydrogen) atoms. The molecule has 9 nitrogen and oxygen atoms in total. The van der Waals surface area contributed by atoms with Gasteiger partial charge >= 0.3 is 5.97 Å². The predicted molar refractivity (Wildman–Crippen MR) is 82.1 cm³/mol. The van der Waals surface area contributed by atoms with Crippen LogP contribution >= 0.6 is 0 Å². The average molecular weight is 340 g/mol. The summed E-state index contributed by atoms with van der Waals surface area (Å²) < 4.78 is 11.0. The molecular weight excluding hydrogens is 320 g/mol. The molecule has 0 fully saturated rings. The number of aromatic hydroxyl groups is 2. The van der Waals surface area contributed by atoms with E-state index in [-0.39, 0.29) is 43.7 Å². The molecule has 0 aliphatic carbocycles. The molecule has 132 valence electrons. The molecule has 1 heterocycles. The molecule has 0 saturated heterocycles. The van der Waals surface area contributed by atoms with Gasteiger partial charge in [0.2, 0.25) is 17.7 Å². The van der Waals surface area contributed by atoms with E-state index in [1.54, 1.807) is 0 Å². The number of ether oxygens (including phenoxy) is 2. The Bertz CT molecular complexity index is 557. The van der Waals surface area contributed by atoms with Gasteiger partial charge in [-0.05, 0) is 0 Å². The maximum Gasteiger partial charge on any atom is 0.335 e. The Morgan fingerprint density at radius 2 is 1.75 bits per heavy atom. The van der Waals surface area contributed by atoms with Crippen LogP contribution in [0.25, 0.3) is 0 Å². The van der Waals surface area contributed by atoms with Crippen LogP contribution in [0.5, 0.6) is 11.8 Å². The summed E-state index contributed by atoms with van der Waals surface area (Å²) in [7, 11) is 0. The van der Waals surface area contributed by atoms with Gasteiger partial charge in [-0.3, -0.25) is 4.79 Å². The summed E-state index contributed by atoms with van der Waals surface area (Å²) in [6.07, 6.45) is 4.97. The van der Waals surface area contributed by atoms with Gasteiger partial charge in [-0.2, -0.15) is 0 Å². The van der Waals surface area contributed by atoms with E-state index in [1.807, 2.05) is 0 Å². The van der Waals surface area contributed by atoms with Crippen molar-refractivity contribution in [3.8, 4) is 24.1 Å². The first kappa shape index (κ1) is 19.3. The minimum atomic E-state index is -0.672. The minimum absolute atomic E-state index is 0.0395. The highest BCUT2D eigenvalue weighted by atomic mass is 16.7. The molecule has 0 unspecified atom stereocenters. The van der Waals surface area contributed by atoms with Crippen LogP contribution < -0.4 is 10.2 Å². The van der Waals surface area contributed by atoms with Crippen molar-refractivity contribution in [3.05, 3.63) is 12.1 Å². The van der Waals surface area contributed by atoms with Gasteiger partial charge in [0.15, 0.2) is 0 Å². The lowest BCUT2D eigenvalue weighted by Crippen LogP contribution is -2.27. The molecule has 9 heteroatoms. The van der Waals surface area contributed by atoms with Crippen LogP contribution in [0.2, 0.25) is 0 Å². The van der Waals surface area contributed by atoms with Crippen molar-refractivity contribution < 1.29 is 34.1 Å². The fourth-order valence-electron chi connectivity index (χ4n) is 1.54. The Hall–Kier alpha value is -2.70. The SMILES string of the molecule is C#CCC(=O)NCCOCCOCCC(=O)On1c(O)ccc1O. The molecule has 1 aromatic rings. The molecule has 0 bridgehead atoms. The summed E-state index contributed by atoms with van der Waals surface area (Å²) in [5.41, 5.74) is 0. The van der Waals surface area contributed by atoms with Crippen LogP contribution in [0.3, 0.4) is 0 Å². The number of nitrogens with one attached hydrogen (secondary N) is 1. The van der Waals surface area contributed by atoms with Crippen molar-refractivity contribution in [2.45, 2.75) is 12.8 Å². The molecule has 0 atom stereocenters. The van der Waals surface area contributed by atoms with Crippen LogP contribution in [0.4, 0.5) is 0 Å². The van der Waals surface area contributed by atoms with E-state index in [0.29, 0.717) is 24.5 Å². The van der Waals surface area contributed by atoms with Crippen LogP contribution in [0, 0.1) is 12.3 Å². The highest BCUT2D eigenvalue weighted by molar-refractivity contribution is 5.78. The summed E-state index contributed by atoms with van der Waals surface area (Å²) in [6, 6.07) is 2.37. The predicted octanol–water partition coefficient (Wildman–Crippen LogP) is -0.583. The van der Waals surface area contributed by atoms with Crippen LogP contribution in [-0.4, -0.2) is 59.8 Å². The van der Waals surface area contributed by atoms with Crippen molar-refractivity contribution >= 4 is 11.9 Å². The number of carbonyl (C=O) groups excluding carboxylic acids is 2. The summed E-state index contributed by atoms with van der Waals surface area (Å²) in [5.74, 6) is 0.564. The van der Waals surface area contributed by atoms with E-state index in [1.165, 1.54) is 12.1 Å². The normalized spacial score (nSPS) is 10.1. The number of amides is 1. The van der Waals surface area contributed by atoms with E-state index < -0.39 is 5.97 Å². The van der Waals surface area contributed by atoms with Gasteiger partial charge in [0.1, 0.15) is 0 Å². The maximum absolute atomic E-state index is 11.5. The first-order valence-corrected chi connectivity index (χ1v) is 7.21. The standard InChI is InChI=1S/C15H20N2O7/c1-2-3-12(18)16-7-9-23-11-10-22-8-6-15(21)24-17-13(19)4-5-14(17)20/h1,4-5,19-20H,3,6-11H2,(H,16,18). The lowest BCUT2D eigenvalue weighted by molar-refractivity contribution is -0.146. The Morgan fingerprint density at radius 3 is 2.38 bits per heavy atom. The van der Waals surface area contributed by atoms with Gasteiger partial charge in [0.25, 0.3) is 0 Å². The number of terminal acetylenes is 1. The minimum Gasteiger partial charge on any atom is -0.492 e. The highest BCUT2D eigenvalue weighted by Gasteiger charge is 2.11. The highest BCUT2D eigenvalue weighted by Crippen LogP contribution is 2.18. The fourth-order valence-corrected chi connectivity index (χ4v) is 1.54. The molecule has 1 amide bonds. The molecule has 1 aromatic heterocycles. The Labute approximate surface area is 139 Å². The summed E-state index contributed by atoms with van der Waals surface area (Å²) in [6.45, 7) is 1.36. The van der Waals surface area contributed by atoms with E-state index >= 15 is 0 Å². The van der Waals surface area contributed by atoms with Gasteiger partial charge in [0.05, 0.1) is 39.3 Å². The number of carbonyl (C=O) groups is 2. The van der Waals surface area contributed by atoms with Crippen molar-refractivity contribution in [2.24, 2.45) is 0 Å². The van der Waals surface area contributed by atoms with Crippen LogP contribution in [-0.2, 0) is 19.1 Å². The van der Waals surface area contributed by atoms with E-state index in [0.717, 1.165) is 0 Å². The zero-order valence-electron chi connectivity index (χ0n) is 13.1. The first-order chi connectivity index (χ1) is 11.5. The van der Waals surface area contributed by atoms with Crippen LogP contribution in [0.1, 0.15) is 12.8 Å².